The molecule has 1 saturated carbocycles. The number of nitrogens with zero attached hydrogens (tertiary/aromatic N) is 2. The average molecular weight is 292 g/mol. The number of carbonyl (C=O) groups is 1. The van der Waals surface area contributed by atoms with Crippen molar-refractivity contribution < 1.29 is 4.79 Å². The van der Waals surface area contributed by atoms with Crippen LogP contribution in [-0.4, -0.2) is 21.5 Å². The lowest BCUT2D eigenvalue weighted by molar-refractivity contribution is 0.250. The Bertz CT molecular complexity index is 742. The largest absolute Gasteiger partial charge is 0.322 e. The Labute approximate surface area is 129 Å². The van der Waals surface area contributed by atoms with Crippen LogP contribution in [-0.2, 0) is 0 Å². The molecular weight excluding hydrogens is 276 g/mol. The molecule has 0 bridgehead atoms. The van der Waals surface area contributed by atoms with E-state index in [1.165, 1.54) is 0 Å². The van der Waals surface area contributed by atoms with Crippen molar-refractivity contribution in [3.05, 3.63) is 54.1 Å². The molecule has 0 unspecified atom stereocenters. The van der Waals surface area contributed by atoms with E-state index in [4.69, 9.17) is 0 Å². The predicted octanol–water partition coefficient (Wildman–Crippen LogP) is 2.49. The average Bonchev–Trinajstić information content (AvgIpc) is 3.28. The maximum Gasteiger partial charge on any atom is 0.320 e. The summed E-state index contributed by atoms with van der Waals surface area (Å²) in [7, 11) is 0. The first kappa shape index (κ1) is 14.1. The van der Waals surface area contributed by atoms with Crippen molar-refractivity contribution >= 4 is 11.7 Å². The van der Waals surface area contributed by atoms with E-state index in [1.54, 1.807) is 18.6 Å². The fourth-order valence-electron chi connectivity index (χ4n) is 1.99. The van der Waals surface area contributed by atoms with Gasteiger partial charge in [-0.1, -0.05) is 12.0 Å². The van der Waals surface area contributed by atoms with Crippen molar-refractivity contribution in [2.45, 2.75) is 25.3 Å². The summed E-state index contributed by atoms with van der Waals surface area (Å²) < 4.78 is 0. The Balaban J connectivity index is 1.64. The lowest BCUT2D eigenvalue weighted by Crippen LogP contribution is -2.39. The van der Waals surface area contributed by atoms with E-state index < -0.39 is 5.54 Å². The van der Waals surface area contributed by atoms with Crippen molar-refractivity contribution in [2.24, 2.45) is 0 Å². The molecule has 1 fully saturated rings. The molecule has 5 heteroatoms. The summed E-state index contributed by atoms with van der Waals surface area (Å²) >= 11 is 0. The van der Waals surface area contributed by atoms with Gasteiger partial charge in [0.2, 0.25) is 0 Å². The summed E-state index contributed by atoms with van der Waals surface area (Å²) in [5, 5.41) is 5.74. The van der Waals surface area contributed by atoms with Crippen molar-refractivity contribution in [1.82, 2.24) is 15.3 Å². The van der Waals surface area contributed by atoms with Crippen LogP contribution in [0.3, 0.4) is 0 Å². The van der Waals surface area contributed by atoms with Gasteiger partial charge < -0.3 is 10.6 Å². The van der Waals surface area contributed by atoms with Crippen LogP contribution in [0.15, 0.2) is 42.9 Å². The molecule has 5 nitrogen and oxygen atoms in total. The van der Waals surface area contributed by atoms with Crippen molar-refractivity contribution in [1.29, 1.82) is 0 Å². The Morgan fingerprint density at radius 2 is 2.14 bits per heavy atom. The summed E-state index contributed by atoms with van der Waals surface area (Å²) in [5.41, 5.74) is 1.94. The second-order valence-electron chi connectivity index (χ2n) is 5.32. The van der Waals surface area contributed by atoms with Crippen molar-refractivity contribution in [3.63, 3.8) is 0 Å². The van der Waals surface area contributed by atoms with Gasteiger partial charge in [0.1, 0.15) is 11.2 Å². The molecule has 0 aromatic carbocycles. The number of amides is 2. The van der Waals surface area contributed by atoms with Crippen LogP contribution in [0.2, 0.25) is 0 Å². The molecule has 0 spiro atoms. The van der Waals surface area contributed by atoms with E-state index >= 15 is 0 Å². The highest BCUT2D eigenvalue weighted by Crippen LogP contribution is 2.34. The highest BCUT2D eigenvalue weighted by molar-refractivity contribution is 5.91. The molecule has 2 aromatic heterocycles. The van der Waals surface area contributed by atoms with Gasteiger partial charge in [-0.15, -0.1) is 0 Å². The molecule has 2 N–H and O–H groups in total. The van der Waals surface area contributed by atoms with E-state index in [0.717, 1.165) is 18.4 Å². The van der Waals surface area contributed by atoms with Gasteiger partial charge in [-0.3, -0.25) is 4.98 Å². The van der Waals surface area contributed by atoms with Crippen LogP contribution in [0.25, 0.3) is 0 Å². The molecule has 0 aliphatic heterocycles. The second kappa shape index (κ2) is 5.86. The van der Waals surface area contributed by atoms with Gasteiger partial charge in [-0.05, 0) is 49.4 Å². The number of rotatable bonds is 2. The van der Waals surface area contributed by atoms with E-state index in [2.05, 4.69) is 32.4 Å². The van der Waals surface area contributed by atoms with Gasteiger partial charge in [-0.2, -0.15) is 0 Å². The molecule has 22 heavy (non-hydrogen) atoms. The number of aromatic nitrogens is 2. The zero-order valence-electron chi connectivity index (χ0n) is 12.3. The standard InChI is InChI=1S/C17H16N4O/c1-13-6-11-18-12-15(13)20-16(22)21-17(8-9-17)7-5-14-4-2-3-10-19-14/h2-4,6,10-12H,8-9H2,1H3,(H2,20,21,22). The van der Waals surface area contributed by atoms with Gasteiger partial charge in [0.05, 0.1) is 11.9 Å². The lowest BCUT2D eigenvalue weighted by atomic mass is 10.2. The Hall–Kier alpha value is -2.87. The fraction of sp³-hybridized carbons (Fsp3) is 0.235. The normalized spacial score (nSPS) is 14.4. The number of hydrogen-bond donors (Lipinski definition) is 2. The van der Waals surface area contributed by atoms with Gasteiger partial charge in [0.25, 0.3) is 0 Å². The first-order valence-electron chi connectivity index (χ1n) is 7.11. The number of urea groups is 1. The molecule has 2 amide bonds. The molecule has 1 aliphatic carbocycles. The highest BCUT2D eigenvalue weighted by atomic mass is 16.2. The molecule has 110 valence electrons. The summed E-state index contributed by atoms with van der Waals surface area (Å²) in [4.78, 5) is 20.3. The lowest BCUT2D eigenvalue weighted by Gasteiger charge is -2.13. The van der Waals surface area contributed by atoms with Gasteiger partial charge in [0, 0.05) is 12.4 Å². The minimum absolute atomic E-state index is 0.260. The fourth-order valence-corrected chi connectivity index (χ4v) is 1.99. The molecule has 0 saturated heterocycles. The Morgan fingerprint density at radius 1 is 1.27 bits per heavy atom. The van der Waals surface area contributed by atoms with Crippen LogP contribution >= 0.6 is 0 Å². The van der Waals surface area contributed by atoms with Crippen LogP contribution in [0.5, 0.6) is 0 Å². The zero-order chi connectivity index (χ0) is 15.4. The van der Waals surface area contributed by atoms with Crippen LogP contribution < -0.4 is 10.6 Å². The smallest absolute Gasteiger partial charge is 0.320 e. The van der Waals surface area contributed by atoms with Crippen LogP contribution in [0.1, 0.15) is 24.1 Å². The van der Waals surface area contributed by atoms with E-state index in [0.29, 0.717) is 11.4 Å². The topological polar surface area (TPSA) is 66.9 Å². The van der Waals surface area contributed by atoms with Crippen molar-refractivity contribution in [2.75, 3.05) is 5.32 Å². The summed E-state index contributed by atoms with van der Waals surface area (Å²) in [6, 6.07) is 7.18. The maximum absolute atomic E-state index is 12.1. The monoisotopic (exact) mass is 292 g/mol. The highest BCUT2D eigenvalue weighted by Gasteiger charge is 2.42. The molecule has 3 rings (SSSR count). The predicted molar refractivity (Wildman–Crippen MR) is 84.2 cm³/mol. The van der Waals surface area contributed by atoms with Gasteiger partial charge in [0.15, 0.2) is 0 Å². The Kier molecular flexibility index (Phi) is 3.75. The van der Waals surface area contributed by atoms with E-state index in [9.17, 15) is 4.79 Å². The Morgan fingerprint density at radius 3 is 2.82 bits per heavy atom. The molecular formula is C17H16N4O. The third kappa shape index (κ3) is 3.41. The number of pyridine rings is 2. The summed E-state index contributed by atoms with van der Waals surface area (Å²) in [6.45, 7) is 1.92. The number of hydrogen-bond acceptors (Lipinski definition) is 3. The first-order chi connectivity index (χ1) is 10.7. The number of nitrogens with one attached hydrogen (secondary N) is 2. The molecule has 2 aromatic rings. The van der Waals surface area contributed by atoms with Crippen molar-refractivity contribution in [3.8, 4) is 11.8 Å². The minimum atomic E-state index is -0.433. The number of anilines is 1. The van der Waals surface area contributed by atoms with Crippen LogP contribution in [0.4, 0.5) is 10.5 Å². The quantitative estimate of drug-likeness (QED) is 0.836. The van der Waals surface area contributed by atoms with E-state index in [1.807, 2.05) is 31.2 Å². The van der Waals surface area contributed by atoms with Crippen LogP contribution in [0, 0.1) is 18.8 Å². The third-order valence-electron chi connectivity index (χ3n) is 3.48. The summed E-state index contributed by atoms with van der Waals surface area (Å²) in [6.07, 6.45) is 6.74. The molecule has 0 atom stereocenters. The summed E-state index contributed by atoms with van der Waals surface area (Å²) in [5.74, 6) is 6.13. The molecule has 2 heterocycles. The zero-order valence-corrected chi connectivity index (χ0v) is 12.3. The van der Waals surface area contributed by atoms with E-state index in [-0.39, 0.29) is 6.03 Å². The molecule has 0 radical (unpaired) electrons. The number of aryl methyl sites for hydroxylation is 1. The molecule has 1 aliphatic rings. The maximum atomic E-state index is 12.1. The third-order valence-corrected chi connectivity index (χ3v) is 3.48. The second-order valence-corrected chi connectivity index (χ2v) is 5.32. The van der Waals surface area contributed by atoms with Gasteiger partial charge in [-0.25, -0.2) is 9.78 Å². The SMILES string of the molecule is Cc1ccncc1NC(=O)NC1(C#Cc2ccccn2)CC1. The minimum Gasteiger partial charge on any atom is -0.322 e. The first-order valence-corrected chi connectivity index (χ1v) is 7.11. The van der Waals surface area contributed by atoms with Gasteiger partial charge >= 0.3 is 6.03 Å². The number of carbonyl (C=O) groups excluding carboxylic acids is 1.